The molecule has 84 valence electrons. The summed E-state index contributed by atoms with van der Waals surface area (Å²) < 4.78 is 0. The van der Waals surface area contributed by atoms with Gasteiger partial charge in [-0.3, -0.25) is 0 Å². The molecule has 0 heterocycles. The van der Waals surface area contributed by atoms with Crippen molar-refractivity contribution in [2.24, 2.45) is 11.8 Å². The molecule has 2 heteroatoms. The van der Waals surface area contributed by atoms with Crippen LogP contribution in [0.2, 0.25) is 0 Å². The average molecular weight is 208 g/mol. The van der Waals surface area contributed by atoms with Crippen molar-refractivity contribution in [1.29, 1.82) is 0 Å². The molecule has 0 fully saturated rings. The lowest BCUT2D eigenvalue weighted by Gasteiger charge is -2.47. The van der Waals surface area contributed by atoms with E-state index >= 15 is 0 Å². The summed E-state index contributed by atoms with van der Waals surface area (Å²) in [6.45, 7) is 7.71. The van der Waals surface area contributed by atoms with Gasteiger partial charge in [-0.05, 0) is 34.1 Å². The Labute approximate surface area is 91.3 Å². The van der Waals surface area contributed by atoms with Gasteiger partial charge in [0.1, 0.15) is 0 Å². The van der Waals surface area contributed by atoms with Crippen molar-refractivity contribution in [2.75, 3.05) is 0 Å². The summed E-state index contributed by atoms with van der Waals surface area (Å²) in [7, 11) is 0. The highest BCUT2D eigenvalue weighted by atomic mass is 16.3. The van der Waals surface area contributed by atoms with Crippen LogP contribution in [0.1, 0.15) is 34.1 Å². The van der Waals surface area contributed by atoms with Crippen molar-refractivity contribution in [3.63, 3.8) is 0 Å². The Bertz CT molecular complexity index is 314. The van der Waals surface area contributed by atoms with Crippen molar-refractivity contribution < 1.29 is 10.2 Å². The van der Waals surface area contributed by atoms with Gasteiger partial charge in [-0.1, -0.05) is 23.3 Å². The molecule has 4 atom stereocenters. The van der Waals surface area contributed by atoms with Gasteiger partial charge in [-0.15, -0.1) is 0 Å². The molecule has 2 bridgehead atoms. The summed E-state index contributed by atoms with van der Waals surface area (Å²) in [6.07, 6.45) is 4.68. The second kappa shape index (κ2) is 2.96. The molecule has 2 rings (SSSR count). The van der Waals surface area contributed by atoms with Crippen molar-refractivity contribution in [3.05, 3.63) is 23.3 Å². The second-order valence-corrected chi connectivity index (χ2v) is 5.57. The Morgan fingerprint density at radius 3 is 1.67 bits per heavy atom. The first-order chi connectivity index (χ1) is 6.74. The van der Waals surface area contributed by atoms with Crippen LogP contribution in [0.15, 0.2) is 23.3 Å². The second-order valence-electron chi connectivity index (χ2n) is 5.57. The number of rotatable bonds is 0. The molecule has 2 N–H and O–H groups in total. The standard InChI is InChI=1S/C13H20O2/c1-8-6-12(3,14)11-5-10(8)13(4,15)7-9(11)2/h6-7,10-11,14-15H,5H2,1-4H3/t10-,11-,12-,13-/m1/s1. The highest BCUT2D eigenvalue weighted by Crippen LogP contribution is 2.48. The molecule has 0 unspecified atom stereocenters. The first kappa shape index (κ1) is 10.9. The van der Waals surface area contributed by atoms with Gasteiger partial charge in [-0.25, -0.2) is 0 Å². The van der Waals surface area contributed by atoms with Gasteiger partial charge in [0.15, 0.2) is 0 Å². The van der Waals surface area contributed by atoms with E-state index in [2.05, 4.69) is 0 Å². The maximum atomic E-state index is 10.3. The molecule has 0 saturated heterocycles. The normalized spacial score (nSPS) is 49.7. The van der Waals surface area contributed by atoms with Crippen LogP contribution in [0.5, 0.6) is 0 Å². The van der Waals surface area contributed by atoms with E-state index in [1.807, 2.05) is 39.8 Å². The molecule has 0 aliphatic heterocycles. The topological polar surface area (TPSA) is 40.5 Å². The molecule has 0 aromatic carbocycles. The van der Waals surface area contributed by atoms with Crippen LogP contribution in [0.3, 0.4) is 0 Å². The fourth-order valence-corrected chi connectivity index (χ4v) is 3.33. The Morgan fingerprint density at radius 2 is 1.33 bits per heavy atom. The Kier molecular flexibility index (Phi) is 2.15. The van der Waals surface area contributed by atoms with Crippen LogP contribution < -0.4 is 0 Å². The van der Waals surface area contributed by atoms with E-state index in [-0.39, 0.29) is 11.8 Å². The quantitative estimate of drug-likeness (QED) is 0.598. The van der Waals surface area contributed by atoms with E-state index in [1.165, 1.54) is 0 Å². The summed E-state index contributed by atoms with van der Waals surface area (Å²) in [6, 6.07) is 0. The van der Waals surface area contributed by atoms with Crippen LogP contribution in [0.4, 0.5) is 0 Å². The third-order valence-electron chi connectivity index (χ3n) is 4.02. The van der Waals surface area contributed by atoms with Gasteiger partial charge >= 0.3 is 0 Å². The lowest BCUT2D eigenvalue weighted by atomic mass is 9.61. The zero-order chi connectivity index (χ0) is 11.4. The van der Waals surface area contributed by atoms with Crippen molar-refractivity contribution in [2.45, 2.75) is 45.3 Å². The number of hydrogen-bond donors (Lipinski definition) is 2. The zero-order valence-corrected chi connectivity index (χ0v) is 9.91. The summed E-state index contributed by atoms with van der Waals surface area (Å²) >= 11 is 0. The van der Waals surface area contributed by atoms with Gasteiger partial charge in [-0.2, -0.15) is 0 Å². The van der Waals surface area contributed by atoms with Crippen LogP contribution in [-0.4, -0.2) is 21.4 Å². The first-order valence-electron chi connectivity index (χ1n) is 5.57. The lowest BCUT2D eigenvalue weighted by Crippen LogP contribution is -2.48. The fraction of sp³-hybridized carbons (Fsp3) is 0.692. The summed E-state index contributed by atoms with van der Waals surface area (Å²) in [5.41, 5.74) is 0.699. The van der Waals surface area contributed by atoms with Crippen LogP contribution >= 0.6 is 0 Å². The van der Waals surface area contributed by atoms with Crippen LogP contribution in [-0.2, 0) is 0 Å². The summed E-state index contributed by atoms with van der Waals surface area (Å²) in [5, 5.41) is 20.6. The van der Waals surface area contributed by atoms with Crippen LogP contribution in [0.25, 0.3) is 0 Å². The molecule has 0 radical (unpaired) electrons. The molecule has 0 aromatic heterocycles. The Morgan fingerprint density at radius 1 is 1.00 bits per heavy atom. The maximum absolute atomic E-state index is 10.3. The fourth-order valence-electron chi connectivity index (χ4n) is 3.33. The van der Waals surface area contributed by atoms with Gasteiger partial charge in [0, 0.05) is 11.8 Å². The monoisotopic (exact) mass is 208 g/mol. The maximum Gasteiger partial charge on any atom is 0.0867 e. The molecule has 15 heavy (non-hydrogen) atoms. The summed E-state index contributed by atoms with van der Waals surface area (Å²) in [5.74, 6) is 0.317. The summed E-state index contributed by atoms with van der Waals surface area (Å²) in [4.78, 5) is 0. The minimum atomic E-state index is -0.752. The van der Waals surface area contributed by atoms with E-state index < -0.39 is 11.2 Å². The van der Waals surface area contributed by atoms with Crippen molar-refractivity contribution >= 4 is 0 Å². The lowest BCUT2D eigenvalue weighted by molar-refractivity contribution is -0.0141. The van der Waals surface area contributed by atoms with E-state index in [4.69, 9.17) is 0 Å². The predicted octanol–water partition coefficient (Wildman–Crippen LogP) is 2.03. The number of hydrogen-bond acceptors (Lipinski definition) is 2. The predicted molar refractivity (Wildman–Crippen MR) is 60.4 cm³/mol. The molecule has 0 aromatic rings. The SMILES string of the molecule is CC1=C[C@@](C)(O)[C@@H]2C[C@H]1[C@](C)(O)C=C2C. The van der Waals surface area contributed by atoms with E-state index in [0.717, 1.165) is 17.6 Å². The van der Waals surface area contributed by atoms with Crippen LogP contribution in [0, 0.1) is 11.8 Å². The van der Waals surface area contributed by atoms with Gasteiger partial charge in [0.05, 0.1) is 11.2 Å². The highest BCUT2D eigenvalue weighted by Gasteiger charge is 2.46. The molecule has 0 spiro atoms. The molecule has 2 aliphatic carbocycles. The Balaban J connectivity index is 2.51. The third-order valence-corrected chi connectivity index (χ3v) is 4.02. The average Bonchev–Trinajstić information content (AvgIpc) is 1.98. The minimum absolute atomic E-state index is 0.159. The Hall–Kier alpha value is -0.600. The largest absolute Gasteiger partial charge is 0.385 e. The zero-order valence-electron chi connectivity index (χ0n) is 9.91. The molecule has 0 amide bonds. The highest BCUT2D eigenvalue weighted by molar-refractivity contribution is 5.33. The van der Waals surface area contributed by atoms with E-state index in [0.29, 0.717) is 0 Å². The van der Waals surface area contributed by atoms with E-state index in [1.54, 1.807) is 0 Å². The molecular formula is C13H20O2. The number of aliphatic hydroxyl groups is 2. The van der Waals surface area contributed by atoms with E-state index in [9.17, 15) is 10.2 Å². The number of fused-ring (bicyclic) bond motifs is 2. The van der Waals surface area contributed by atoms with Gasteiger partial charge in [0.2, 0.25) is 0 Å². The molecule has 2 aliphatic rings. The van der Waals surface area contributed by atoms with Gasteiger partial charge in [0.25, 0.3) is 0 Å². The van der Waals surface area contributed by atoms with Crippen molar-refractivity contribution in [3.8, 4) is 0 Å². The molecule has 0 saturated carbocycles. The molecular weight excluding hydrogens is 188 g/mol. The smallest absolute Gasteiger partial charge is 0.0867 e. The molecule has 2 nitrogen and oxygen atoms in total. The first-order valence-corrected chi connectivity index (χ1v) is 5.57. The van der Waals surface area contributed by atoms with Gasteiger partial charge < -0.3 is 10.2 Å². The van der Waals surface area contributed by atoms with Crippen molar-refractivity contribution in [1.82, 2.24) is 0 Å². The minimum Gasteiger partial charge on any atom is -0.385 e. The third kappa shape index (κ3) is 1.56.